The number of carbonyl (C=O) groups excluding carboxylic acids is 3. The Kier molecular flexibility index (Phi) is 5.10. The number of fused-ring (bicyclic) bond motifs is 3. The molecule has 0 saturated carbocycles. The normalized spacial score (nSPS) is 14.0. The van der Waals surface area contributed by atoms with Gasteiger partial charge in [-0.2, -0.15) is 0 Å². The lowest BCUT2D eigenvalue weighted by molar-refractivity contribution is -0.118. The first kappa shape index (κ1) is 22.9. The summed E-state index contributed by atoms with van der Waals surface area (Å²) in [5.41, 5.74) is 3.32. The van der Waals surface area contributed by atoms with Gasteiger partial charge in [-0.3, -0.25) is 4.79 Å². The maximum Gasteiger partial charge on any atom is 0.337 e. The number of aromatic amines is 2. The molecule has 0 radical (unpaired) electrons. The number of rotatable bonds is 4. The number of amides is 1. The Balaban J connectivity index is 1.73. The van der Waals surface area contributed by atoms with Crippen molar-refractivity contribution in [3.8, 4) is 0 Å². The van der Waals surface area contributed by atoms with Crippen molar-refractivity contribution in [1.29, 1.82) is 0 Å². The zero-order chi connectivity index (χ0) is 25.9. The molecular weight excluding hydrogens is 494 g/mol. The smallest absolute Gasteiger partial charge is 0.337 e. The summed E-state index contributed by atoms with van der Waals surface area (Å²) >= 11 is 6.45. The van der Waals surface area contributed by atoms with E-state index >= 15 is 0 Å². The van der Waals surface area contributed by atoms with Gasteiger partial charge in [-0.25, -0.2) is 9.59 Å². The monoisotopic (exact) mass is 513 g/mol. The first-order chi connectivity index (χ1) is 17.9. The minimum absolute atomic E-state index is 0.293. The molecule has 8 nitrogen and oxygen atoms in total. The lowest BCUT2D eigenvalue weighted by Gasteiger charge is -2.28. The molecule has 1 amide bonds. The number of nitrogens with one attached hydrogen (secondary N) is 3. The molecule has 5 aromatic rings. The van der Waals surface area contributed by atoms with Crippen LogP contribution in [-0.4, -0.2) is 42.0 Å². The van der Waals surface area contributed by atoms with Gasteiger partial charge in [0.1, 0.15) is 5.41 Å². The van der Waals surface area contributed by atoms with Gasteiger partial charge in [0.25, 0.3) is 0 Å². The quantitative estimate of drug-likeness (QED) is 0.287. The van der Waals surface area contributed by atoms with Crippen LogP contribution >= 0.6 is 11.6 Å². The molecule has 0 fully saturated rings. The highest BCUT2D eigenvalue weighted by atomic mass is 35.5. The Labute approximate surface area is 215 Å². The van der Waals surface area contributed by atoms with Gasteiger partial charge in [0, 0.05) is 61.6 Å². The molecule has 0 atom stereocenters. The van der Waals surface area contributed by atoms with Crippen LogP contribution in [0.15, 0.2) is 67.0 Å². The number of esters is 2. The Bertz CT molecular complexity index is 1670. The fourth-order valence-electron chi connectivity index (χ4n) is 5.31. The van der Waals surface area contributed by atoms with Crippen LogP contribution in [0.1, 0.15) is 37.4 Å². The van der Waals surface area contributed by atoms with Crippen molar-refractivity contribution >= 4 is 56.9 Å². The number of hydrogen-bond acceptors (Lipinski definition) is 5. The SMILES string of the molecule is COC(=O)c1ccc2[nH]cc(C3(c4c[nH]c5ccc(C(=O)OC)cc45)C(=O)Nc4ccc(Cl)cc43)c2c1. The Morgan fingerprint density at radius 1 is 0.757 bits per heavy atom. The molecule has 37 heavy (non-hydrogen) atoms. The molecule has 3 heterocycles. The van der Waals surface area contributed by atoms with Gasteiger partial charge in [-0.15, -0.1) is 0 Å². The number of ether oxygens (including phenoxy) is 2. The number of methoxy groups -OCH3 is 2. The average molecular weight is 514 g/mol. The van der Waals surface area contributed by atoms with E-state index in [0.29, 0.717) is 49.3 Å². The lowest BCUT2D eigenvalue weighted by Crippen LogP contribution is -2.36. The number of carbonyl (C=O) groups is 3. The maximum atomic E-state index is 14.1. The highest BCUT2D eigenvalue weighted by molar-refractivity contribution is 6.31. The van der Waals surface area contributed by atoms with Crippen LogP contribution in [0.5, 0.6) is 0 Å². The van der Waals surface area contributed by atoms with Crippen LogP contribution in [0.4, 0.5) is 5.69 Å². The molecule has 9 heteroatoms. The number of aromatic nitrogens is 2. The minimum atomic E-state index is -1.36. The predicted octanol–water partition coefficient (Wildman–Crippen LogP) is 5.16. The van der Waals surface area contributed by atoms with Gasteiger partial charge >= 0.3 is 11.9 Å². The summed E-state index contributed by atoms with van der Waals surface area (Å²) in [6.07, 6.45) is 3.54. The summed E-state index contributed by atoms with van der Waals surface area (Å²) < 4.78 is 9.85. The topological polar surface area (TPSA) is 113 Å². The van der Waals surface area contributed by atoms with Crippen LogP contribution in [0.2, 0.25) is 5.02 Å². The van der Waals surface area contributed by atoms with Gasteiger partial charge in [-0.05, 0) is 54.6 Å². The third-order valence-corrected chi connectivity index (χ3v) is 7.22. The standard InChI is InChI=1S/C28H20ClN3O5/c1-36-25(33)14-3-6-22-17(9-14)20(12-30-22)28(19-11-16(29)5-8-24(19)32-27(28)35)21-13-31-23-7-4-15(10-18(21)23)26(34)37-2/h3-13,30-31H,1-2H3,(H,32,35). The van der Waals surface area contributed by atoms with E-state index in [9.17, 15) is 14.4 Å². The fraction of sp³-hybridized carbons (Fsp3) is 0.107. The molecule has 184 valence electrons. The second-order valence-corrected chi connectivity index (χ2v) is 9.24. The molecule has 1 aliphatic rings. The second-order valence-electron chi connectivity index (χ2n) is 8.80. The van der Waals surface area contributed by atoms with E-state index in [0.717, 1.165) is 11.0 Å². The van der Waals surface area contributed by atoms with E-state index in [1.165, 1.54) is 14.2 Å². The van der Waals surface area contributed by atoms with E-state index in [1.54, 1.807) is 67.0 Å². The van der Waals surface area contributed by atoms with Gasteiger partial charge in [0.15, 0.2) is 0 Å². The molecule has 1 aliphatic heterocycles. The largest absolute Gasteiger partial charge is 0.465 e. The van der Waals surface area contributed by atoms with Crippen molar-refractivity contribution in [1.82, 2.24) is 9.97 Å². The van der Waals surface area contributed by atoms with Gasteiger partial charge in [0.2, 0.25) is 5.91 Å². The fourth-order valence-corrected chi connectivity index (χ4v) is 5.48. The molecule has 0 unspecified atom stereocenters. The molecule has 3 N–H and O–H groups in total. The summed E-state index contributed by atoms with van der Waals surface area (Å²) in [6, 6.07) is 15.5. The first-order valence-electron chi connectivity index (χ1n) is 11.4. The number of benzene rings is 3. The Morgan fingerprint density at radius 2 is 1.30 bits per heavy atom. The molecule has 3 aromatic carbocycles. The van der Waals surface area contributed by atoms with Crippen LogP contribution in [0.3, 0.4) is 0 Å². The van der Waals surface area contributed by atoms with Crippen LogP contribution in [0, 0.1) is 0 Å². The van der Waals surface area contributed by atoms with Crippen LogP contribution in [-0.2, 0) is 19.7 Å². The van der Waals surface area contributed by atoms with Crippen LogP contribution < -0.4 is 5.32 Å². The number of H-pyrrole nitrogens is 2. The van der Waals surface area contributed by atoms with Gasteiger partial charge in [-0.1, -0.05) is 11.6 Å². The average Bonchev–Trinajstić information content (AvgIpc) is 3.60. The van der Waals surface area contributed by atoms with Crippen molar-refractivity contribution in [2.75, 3.05) is 19.5 Å². The highest BCUT2D eigenvalue weighted by Gasteiger charge is 2.52. The molecule has 2 aromatic heterocycles. The summed E-state index contributed by atoms with van der Waals surface area (Å²) in [5.74, 6) is -1.27. The molecular formula is C28H20ClN3O5. The van der Waals surface area contributed by atoms with Crippen molar-refractivity contribution in [3.63, 3.8) is 0 Å². The van der Waals surface area contributed by atoms with Gasteiger partial charge < -0.3 is 24.8 Å². The molecule has 6 rings (SSSR count). The van der Waals surface area contributed by atoms with Crippen molar-refractivity contribution in [2.24, 2.45) is 0 Å². The Hall–Kier alpha value is -4.56. The van der Waals surface area contributed by atoms with Crippen molar-refractivity contribution in [2.45, 2.75) is 5.41 Å². The van der Waals surface area contributed by atoms with E-state index in [2.05, 4.69) is 15.3 Å². The predicted molar refractivity (Wildman–Crippen MR) is 139 cm³/mol. The van der Waals surface area contributed by atoms with Crippen molar-refractivity contribution in [3.05, 3.63) is 99.8 Å². The van der Waals surface area contributed by atoms with Gasteiger partial charge in [0.05, 0.1) is 25.3 Å². The Morgan fingerprint density at radius 3 is 1.81 bits per heavy atom. The summed E-state index contributed by atoms with van der Waals surface area (Å²) in [5, 5.41) is 4.81. The zero-order valence-corrected chi connectivity index (χ0v) is 20.5. The number of halogens is 1. The third-order valence-electron chi connectivity index (χ3n) is 6.99. The van der Waals surface area contributed by atoms with E-state index in [1.807, 2.05) is 0 Å². The lowest BCUT2D eigenvalue weighted by atomic mass is 9.70. The van der Waals surface area contributed by atoms with Crippen molar-refractivity contribution < 1.29 is 23.9 Å². The van der Waals surface area contributed by atoms with Crippen LogP contribution in [0.25, 0.3) is 21.8 Å². The summed E-state index contributed by atoms with van der Waals surface area (Å²) in [7, 11) is 2.64. The molecule has 0 saturated heterocycles. The molecule has 0 aliphatic carbocycles. The zero-order valence-electron chi connectivity index (χ0n) is 19.8. The summed E-state index contributed by atoms with van der Waals surface area (Å²) in [4.78, 5) is 45.3. The highest BCUT2D eigenvalue weighted by Crippen LogP contribution is 2.52. The first-order valence-corrected chi connectivity index (χ1v) is 11.8. The van der Waals surface area contributed by atoms with E-state index in [-0.39, 0.29) is 5.91 Å². The van der Waals surface area contributed by atoms with E-state index < -0.39 is 17.4 Å². The van der Waals surface area contributed by atoms with E-state index in [4.69, 9.17) is 21.1 Å². The molecule has 0 bridgehead atoms. The number of hydrogen-bond donors (Lipinski definition) is 3. The molecule has 0 spiro atoms. The minimum Gasteiger partial charge on any atom is -0.465 e. The number of anilines is 1. The third kappa shape index (κ3) is 3.19. The summed E-state index contributed by atoms with van der Waals surface area (Å²) in [6.45, 7) is 0. The maximum absolute atomic E-state index is 14.1. The second kappa shape index (κ2) is 8.25.